The van der Waals surface area contributed by atoms with Gasteiger partial charge in [-0.1, -0.05) is 65.7 Å². The number of rotatable bonds is 6. The summed E-state index contributed by atoms with van der Waals surface area (Å²) in [6, 6.07) is 21.8. The number of aryl methyl sites for hydroxylation is 1. The minimum atomic E-state index is -0.0888. The molecular formula is C24H20Cl2N2OS. The van der Waals surface area contributed by atoms with E-state index in [1.54, 1.807) is 18.2 Å². The number of carbonyl (C=O) groups is 1. The van der Waals surface area contributed by atoms with Crippen molar-refractivity contribution in [2.24, 2.45) is 0 Å². The first-order valence-electron chi connectivity index (χ1n) is 9.51. The number of anilines is 1. The highest BCUT2D eigenvalue weighted by atomic mass is 35.5. The van der Waals surface area contributed by atoms with Crippen molar-refractivity contribution in [3.63, 3.8) is 0 Å². The average molecular weight is 455 g/mol. The molecule has 0 fully saturated rings. The first-order valence-corrected chi connectivity index (χ1v) is 11.3. The average Bonchev–Trinajstić information content (AvgIpc) is 3.09. The number of thioether (sulfide) groups is 1. The maximum absolute atomic E-state index is 12.4. The lowest BCUT2D eigenvalue weighted by Gasteiger charge is -2.08. The Hall–Kier alpha value is -2.40. The number of aromatic nitrogens is 1. The first-order chi connectivity index (χ1) is 14.5. The van der Waals surface area contributed by atoms with Gasteiger partial charge in [0, 0.05) is 34.2 Å². The summed E-state index contributed by atoms with van der Waals surface area (Å²) in [5.74, 6) is 0.215. The van der Waals surface area contributed by atoms with Crippen molar-refractivity contribution in [3.05, 3.63) is 94.1 Å². The molecule has 152 valence electrons. The van der Waals surface area contributed by atoms with E-state index in [0.717, 1.165) is 22.3 Å². The minimum Gasteiger partial charge on any atom is -0.342 e. The second-order valence-electron chi connectivity index (χ2n) is 7.03. The molecule has 3 nitrogen and oxygen atoms in total. The molecule has 4 aromatic rings. The topological polar surface area (TPSA) is 34.0 Å². The molecule has 0 saturated heterocycles. The van der Waals surface area contributed by atoms with E-state index in [-0.39, 0.29) is 5.91 Å². The lowest BCUT2D eigenvalue weighted by molar-refractivity contribution is -0.113. The fourth-order valence-corrected chi connectivity index (χ4v) is 4.53. The fourth-order valence-electron chi connectivity index (χ4n) is 3.34. The van der Waals surface area contributed by atoms with E-state index in [4.69, 9.17) is 23.2 Å². The molecule has 4 rings (SSSR count). The molecule has 0 bridgehead atoms. The molecule has 0 aliphatic heterocycles. The molecular weight excluding hydrogens is 435 g/mol. The van der Waals surface area contributed by atoms with Crippen LogP contribution in [0.15, 0.2) is 77.8 Å². The molecule has 0 aliphatic carbocycles. The molecule has 6 heteroatoms. The molecule has 0 atom stereocenters. The van der Waals surface area contributed by atoms with Crippen LogP contribution in [0.3, 0.4) is 0 Å². The van der Waals surface area contributed by atoms with Crippen LogP contribution in [0, 0.1) is 6.92 Å². The molecule has 1 amide bonds. The van der Waals surface area contributed by atoms with Gasteiger partial charge in [-0.15, -0.1) is 11.8 Å². The zero-order valence-electron chi connectivity index (χ0n) is 16.4. The Bertz CT molecular complexity index is 1220. The van der Waals surface area contributed by atoms with Crippen LogP contribution < -0.4 is 5.32 Å². The van der Waals surface area contributed by atoms with Crippen LogP contribution in [0.25, 0.3) is 10.9 Å². The van der Waals surface area contributed by atoms with Crippen molar-refractivity contribution in [3.8, 4) is 0 Å². The molecule has 1 heterocycles. The third kappa shape index (κ3) is 4.67. The van der Waals surface area contributed by atoms with E-state index in [1.165, 1.54) is 22.9 Å². The molecule has 30 heavy (non-hydrogen) atoms. The smallest absolute Gasteiger partial charge is 0.234 e. The summed E-state index contributed by atoms with van der Waals surface area (Å²) in [4.78, 5) is 13.5. The van der Waals surface area contributed by atoms with Gasteiger partial charge < -0.3 is 9.88 Å². The number of carbonyl (C=O) groups excluding carboxylic acids is 1. The van der Waals surface area contributed by atoms with Gasteiger partial charge >= 0.3 is 0 Å². The van der Waals surface area contributed by atoms with E-state index in [1.807, 2.05) is 12.1 Å². The number of hydrogen-bond acceptors (Lipinski definition) is 2. The summed E-state index contributed by atoms with van der Waals surface area (Å²) >= 11 is 13.5. The Balaban J connectivity index is 1.51. The van der Waals surface area contributed by atoms with Crippen LogP contribution in [0.1, 0.15) is 11.1 Å². The lowest BCUT2D eigenvalue weighted by Crippen LogP contribution is -2.13. The van der Waals surface area contributed by atoms with Gasteiger partial charge in [-0.2, -0.15) is 0 Å². The first kappa shape index (κ1) is 20.9. The SMILES string of the molecule is Cc1ccccc1Cn1cc(SCC(=O)Nc2ccc(Cl)c(Cl)c2)c2ccccc21. The highest BCUT2D eigenvalue weighted by Crippen LogP contribution is 2.31. The number of nitrogens with one attached hydrogen (secondary N) is 1. The fraction of sp³-hybridized carbons (Fsp3) is 0.125. The van der Waals surface area contributed by atoms with Crippen LogP contribution in [0.2, 0.25) is 10.0 Å². The van der Waals surface area contributed by atoms with Crippen molar-refractivity contribution >= 4 is 57.5 Å². The lowest BCUT2D eigenvalue weighted by atomic mass is 10.1. The Morgan fingerprint density at radius 3 is 2.57 bits per heavy atom. The van der Waals surface area contributed by atoms with Gasteiger partial charge in [-0.05, 0) is 42.3 Å². The van der Waals surface area contributed by atoms with E-state index < -0.39 is 0 Å². The summed E-state index contributed by atoms with van der Waals surface area (Å²) in [6.07, 6.45) is 2.13. The van der Waals surface area contributed by atoms with Crippen LogP contribution in [0.5, 0.6) is 0 Å². The predicted molar refractivity (Wildman–Crippen MR) is 128 cm³/mol. The summed E-state index contributed by atoms with van der Waals surface area (Å²) in [5, 5.41) is 4.91. The van der Waals surface area contributed by atoms with Crippen LogP contribution in [0.4, 0.5) is 5.69 Å². The van der Waals surface area contributed by atoms with E-state index >= 15 is 0 Å². The monoisotopic (exact) mass is 454 g/mol. The molecule has 1 aromatic heterocycles. The van der Waals surface area contributed by atoms with E-state index in [0.29, 0.717) is 21.5 Å². The minimum absolute atomic E-state index is 0.0888. The van der Waals surface area contributed by atoms with Gasteiger partial charge in [-0.3, -0.25) is 4.79 Å². The van der Waals surface area contributed by atoms with Crippen molar-refractivity contribution < 1.29 is 4.79 Å². The largest absolute Gasteiger partial charge is 0.342 e. The number of halogens is 2. The van der Waals surface area contributed by atoms with Crippen LogP contribution >= 0.6 is 35.0 Å². The van der Waals surface area contributed by atoms with E-state index in [2.05, 4.69) is 59.4 Å². The number of hydrogen-bond donors (Lipinski definition) is 1. The molecule has 0 radical (unpaired) electrons. The zero-order valence-corrected chi connectivity index (χ0v) is 18.7. The second kappa shape index (κ2) is 9.17. The van der Waals surface area contributed by atoms with Gasteiger partial charge in [0.05, 0.1) is 15.8 Å². The normalized spacial score (nSPS) is 11.0. The highest BCUT2D eigenvalue weighted by Gasteiger charge is 2.12. The molecule has 1 N–H and O–H groups in total. The van der Waals surface area contributed by atoms with Crippen molar-refractivity contribution in [1.82, 2.24) is 4.57 Å². The summed E-state index contributed by atoms with van der Waals surface area (Å²) in [6.45, 7) is 2.92. The Kier molecular flexibility index (Phi) is 6.38. The Morgan fingerprint density at radius 2 is 1.77 bits per heavy atom. The standard InChI is InChI=1S/C24H20Cl2N2OS/c1-16-6-2-3-7-17(16)13-28-14-23(19-8-4-5-9-22(19)28)30-15-24(29)27-18-10-11-20(25)21(26)12-18/h2-12,14H,13,15H2,1H3,(H,27,29). The van der Waals surface area contributed by atoms with Crippen LogP contribution in [-0.4, -0.2) is 16.2 Å². The summed E-state index contributed by atoms with van der Waals surface area (Å²) < 4.78 is 2.25. The van der Waals surface area contributed by atoms with Gasteiger partial charge in [-0.25, -0.2) is 0 Å². The molecule has 0 spiro atoms. The zero-order chi connectivity index (χ0) is 21.1. The summed E-state index contributed by atoms with van der Waals surface area (Å²) in [5.41, 5.74) is 4.35. The van der Waals surface area contributed by atoms with Gasteiger partial charge in [0.2, 0.25) is 5.91 Å². The molecule has 0 aliphatic rings. The molecule has 0 unspecified atom stereocenters. The number of benzene rings is 3. The Morgan fingerprint density at radius 1 is 1.00 bits per heavy atom. The van der Waals surface area contributed by atoms with Gasteiger partial charge in [0.1, 0.15) is 0 Å². The van der Waals surface area contributed by atoms with Crippen molar-refractivity contribution in [2.45, 2.75) is 18.4 Å². The van der Waals surface area contributed by atoms with Crippen LogP contribution in [-0.2, 0) is 11.3 Å². The van der Waals surface area contributed by atoms with Crippen molar-refractivity contribution in [2.75, 3.05) is 11.1 Å². The highest BCUT2D eigenvalue weighted by molar-refractivity contribution is 8.00. The number of para-hydroxylation sites is 1. The predicted octanol–water partition coefficient (Wildman–Crippen LogP) is 7.04. The Labute approximate surface area is 190 Å². The third-order valence-corrected chi connectivity index (χ3v) is 6.70. The second-order valence-corrected chi connectivity index (χ2v) is 8.86. The number of fused-ring (bicyclic) bond motifs is 1. The van der Waals surface area contributed by atoms with Crippen molar-refractivity contribution in [1.29, 1.82) is 0 Å². The number of nitrogens with zero attached hydrogens (tertiary/aromatic N) is 1. The molecule has 3 aromatic carbocycles. The maximum Gasteiger partial charge on any atom is 0.234 e. The molecule has 0 saturated carbocycles. The van der Waals surface area contributed by atoms with E-state index in [9.17, 15) is 4.79 Å². The van der Waals surface area contributed by atoms with Gasteiger partial charge in [0.15, 0.2) is 0 Å². The van der Waals surface area contributed by atoms with Gasteiger partial charge in [0.25, 0.3) is 0 Å². The summed E-state index contributed by atoms with van der Waals surface area (Å²) in [7, 11) is 0. The maximum atomic E-state index is 12.4. The number of amides is 1. The third-order valence-electron chi connectivity index (χ3n) is 4.92. The quantitative estimate of drug-likeness (QED) is 0.317.